The maximum absolute atomic E-state index is 10.8. The van der Waals surface area contributed by atoms with E-state index in [2.05, 4.69) is 23.6 Å². The molecule has 0 aromatic rings. The summed E-state index contributed by atoms with van der Waals surface area (Å²) in [7, 11) is 1.37. The fraction of sp³-hybridized carbons (Fsp3) is 0.778. The third-order valence-electron chi connectivity index (χ3n) is 1.34. The summed E-state index contributed by atoms with van der Waals surface area (Å²) in [6, 6.07) is 0. The van der Waals surface area contributed by atoms with E-state index in [1.54, 1.807) is 0 Å². The smallest absolute Gasteiger partial charge is 0.327 e. The van der Waals surface area contributed by atoms with Crippen LogP contribution in [0, 0.1) is 0 Å². The average molecular weight is 235 g/mol. The van der Waals surface area contributed by atoms with Crippen LogP contribution in [-0.2, 0) is 9.53 Å². The number of carbonyl (C=O) groups is 1. The third-order valence-corrected chi connectivity index (χ3v) is 3.72. The molecule has 82 valence electrons. The number of hydrogen-bond donors (Lipinski definition) is 0. The molecule has 0 aliphatic heterocycles. The maximum Gasteiger partial charge on any atom is 0.327 e. The molecule has 0 heterocycles. The van der Waals surface area contributed by atoms with Crippen molar-refractivity contribution in [3.05, 3.63) is 0 Å². The Balaban J connectivity index is 3.82. The van der Waals surface area contributed by atoms with E-state index < -0.39 is 0 Å². The van der Waals surface area contributed by atoms with Crippen LogP contribution < -0.4 is 0 Å². The number of carbonyl (C=O) groups excluding carboxylic acids is 1. The van der Waals surface area contributed by atoms with Crippen LogP contribution in [0.25, 0.3) is 0 Å². The number of aliphatic imine (C=N–C) groups is 1. The van der Waals surface area contributed by atoms with Crippen LogP contribution in [0.1, 0.15) is 13.8 Å². The Labute approximate surface area is 94.1 Å². The lowest BCUT2D eigenvalue weighted by molar-refractivity contribution is -0.138. The van der Waals surface area contributed by atoms with Gasteiger partial charge >= 0.3 is 5.97 Å². The second kappa shape index (κ2) is 9.40. The van der Waals surface area contributed by atoms with E-state index in [0.717, 1.165) is 11.5 Å². The predicted octanol–water partition coefficient (Wildman–Crippen LogP) is 2.06. The molecule has 0 saturated heterocycles. The van der Waals surface area contributed by atoms with Gasteiger partial charge in [0.1, 0.15) is 6.54 Å². The minimum Gasteiger partial charge on any atom is -0.468 e. The van der Waals surface area contributed by atoms with Gasteiger partial charge in [-0.3, -0.25) is 9.79 Å². The SMILES string of the molecule is CCSC(C=NCC(=O)OC)SCC. The van der Waals surface area contributed by atoms with Gasteiger partial charge in [-0.05, 0) is 11.5 Å². The first-order valence-corrected chi connectivity index (χ1v) is 6.64. The van der Waals surface area contributed by atoms with Gasteiger partial charge in [-0.25, -0.2) is 0 Å². The molecule has 0 N–H and O–H groups in total. The van der Waals surface area contributed by atoms with Crippen molar-refractivity contribution in [1.82, 2.24) is 0 Å². The monoisotopic (exact) mass is 235 g/mol. The van der Waals surface area contributed by atoms with Crippen LogP contribution in [0.5, 0.6) is 0 Å². The fourth-order valence-electron chi connectivity index (χ4n) is 0.741. The number of ether oxygens (including phenoxy) is 1. The first-order valence-electron chi connectivity index (χ1n) is 4.54. The van der Waals surface area contributed by atoms with Gasteiger partial charge in [0.05, 0.1) is 11.7 Å². The molecule has 0 amide bonds. The molecule has 0 aromatic carbocycles. The van der Waals surface area contributed by atoms with E-state index >= 15 is 0 Å². The number of methoxy groups -OCH3 is 1. The van der Waals surface area contributed by atoms with Crippen molar-refractivity contribution < 1.29 is 9.53 Å². The molecular formula is C9H17NO2S2. The van der Waals surface area contributed by atoms with E-state index in [-0.39, 0.29) is 12.5 Å². The second-order valence-corrected chi connectivity index (χ2v) is 5.48. The summed E-state index contributed by atoms with van der Waals surface area (Å²) >= 11 is 3.64. The van der Waals surface area contributed by atoms with Crippen molar-refractivity contribution in [3.63, 3.8) is 0 Å². The summed E-state index contributed by atoms with van der Waals surface area (Å²) in [5.41, 5.74) is 0. The normalized spacial score (nSPS) is 11.1. The maximum atomic E-state index is 10.8. The predicted molar refractivity (Wildman–Crippen MR) is 65.4 cm³/mol. The summed E-state index contributed by atoms with van der Waals surface area (Å²) in [6.07, 6.45) is 1.83. The molecule has 0 fully saturated rings. The minimum atomic E-state index is -0.289. The standard InChI is InChI=1S/C9H17NO2S2/c1-4-13-9(14-5-2)7-10-6-8(11)12-3/h7,9H,4-6H2,1-3H3. The molecule has 0 bridgehead atoms. The second-order valence-electron chi connectivity index (χ2n) is 2.34. The van der Waals surface area contributed by atoms with Crippen molar-refractivity contribution in [3.8, 4) is 0 Å². The van der Waals surface area contributed by atoms with Crippen LogP contribution in [-0.4, -0.2) is 41.9 Å². The molecule has 0 spiro atoms. The molecule has 0 unspecified atom stereocenters. The van der Waals surface area contributed by atoms with Gasteiger partial charge in [0.2, 0.25) is 0 Å². The van der Waals surface area contributed by atoms with Gasteiger partial charge in [0.25, 0.3) is 0 Å². The van der Waals surface area contributed by atoms with Gasteiger partial charge in [-0.15, -0.1) is 23.5 Å². The van der Waals surface area contributed by atoms with E-state index in [4.69, 9.17) is 0 Å². The number of hydrogen-bond acceptors (Lipinski definition) is 5. The van der Waals surface area contributed by atoms with Crippen LogP contribution in [0.3, 0.4) is 0 Å². The summed E-state index contributed by atoms with van der Waals surface area (Å²) in [5.74, 6) is 1.83. The van der Waals surface area contributed by atoms with E-state index in [0.29, 0.717) is 4.58 Å². The lowest BCUT2D eigenvalue weighted by Crippen LogP contribution is -2.07. The third kappa shape index (κ3) is 7.26. The fourth-order valence-corrected chi connectivity index (χ4v) is 2.94. The summed E-state index contributed by atoms with van der Waals surface area (Å²) < 4.78 is 4.84. The Morgan fingerprint density at radius 1 is 1.43 bits per heavy atom. The van der Waals surface area contributed by atoms with Crippen molar-refractivity contribution in [2.24, 2.45) is 4.99 Å². The lowest BCUT2D eigenvalue weighted by atomic mass is 10.7. The molecule has 0 aromatic heterocycles. The molecular weight excluding hydrogens is 218 g/mol. The van der Waals surface area contributed by atoms with Crippen LogP contribution in [0.15, 0.2) is 4.99 Å². The number of rotatable bonds is 7. The highest BCUT2D eigenvalue weighted by Crippen LogP contribution is 2.21. The van der Waals surface area contributed by atoms with Crippen molar-refractivity contribution in [1.29, 1.82) is 0 Å². The van der Waals surface area contributed by atoms with Gasteiger partial charge in [-0.1, -0.05) is 13.8 Å². The Hall–Kier alpha value is -0.160. The summed E-state index contributed by atoms with van der Waals surface area (Å²) in [5, 5.41) is 0. The van der Waals surface area contributed by atoms with E-state index in [1.807, 2.05) is 29.7 Å². The van der Waals surface area contributed by atoms with Gasteiger partial charge in [0.15, 0.2) is 0 Å². The van der Waals surface area contributed by atoms with Gasteiger partial charge in [0, 0.05) is 6.21 Å². The van der Waals surface area contributed by atoms with Crippen molar-refractivity contribution in [2.45, 2.75) is 18.4 Å². The molecule has 0 rings (SSSR count). The average Bonchev–Trinajstić information content (AvgIpc) is 2.18. The Morgan fingerprint density at radius 3 is 2.43 bits per heavy atom. The highest BCUT2D eigenvalue weighted by atomic mass is 32.2. The molecule has 5 heteroatoms. The quantitative estimate of drug-likeness (QED) is 0.385. The van der Waals surface area contributed by atoms with Gasteiger partial charge < -0.3 is 4.74 Å². The Morgan fingerprint density at radius 2 is 2.00 bits per heavy atom. The van der Waals surface area contributed by atoms with Crippen molar-refractivity contribution in [2.75, 3.05) is 25.2 Å². The molecule has 0 aliphatic rings. The van der Waals surface area contributed by atoms with Crippen molar-refractivity contribution >= 4 is 35.7 Å². The zero-order chi connectivity index (χ0) is 10.8. The molecule has 0 aliphatic carbocycles. The molecule has 3 nitrogen and oxygen atoms in total. The zero-order valence-corrected chi connectivity index (χ0v) is 10.5. The Kier molecular flexibility index (Phi) is 9.29. The molecule has 0 atom stereocenters. The summed E-state index contributed by atoms with van der Waals surface area (Å²) in [4.78, 5) is 14.8. The highest BCUT2D eigenvalue weighted by molar-refractivity contribution is 8.17. The van der Waals surface area contributed by atoms with Crippen LogP contribution >= 0.6 is 23.5 Å². The minimum absolute atomic E-state index is 0.127. The van der Waals surface area contributed by atoms with Gasteiger partial charge in [-0.2, -0.15) is 0 Å². The molecule has 0 radical (unpaired) electrons. The topological polar surface area (TPSA) is 38.7 Å². The van der Waals surface area contributed by atoms with E-state index in [9.17, 15) is 4.79 Å². The Bertz CT molecular complexity index is 180. The first kappa shape index (κ1) is 13.8. The molecule has 14 heavy (non-hydrogen) atoms. The number of thioether (sulfide) groups is 2. The molecule has 0 saturated carbocycles. The summed E-state index contributed by atoms with van der Waals surface area (Å²) in [6.45, 7) is 4.35. The van der Waals surface area contributed by atoms with E-state index in [1.165, 1.54) is 7.11 Å². The number of esters is 1. The lowest BCUT2D eigenvalue weighted by Gasteiger charge is -2.07. The number of nitrogens with zero attached hydrogens (tertiary/aromatic N) is 1. The van der Waals surface area contributed by atoms with Crippen LogP contribution in [0.4, 0.5) is 0 Å². The highest BCUT2D eigenvalue weighted by Gasteiger charge is 2.04. The zero-order valence-electron chi connectivity index (χ0n) is 8.86. The van der Waals surface area contributed by atoms with Crippen LogP contribution in [0.2, 0.25) is 0 Å². The first-order chi connectivity index (χ1) is 6.74. The largest absolute Gasteiger partial charge is 0.468 e.